The third kappa shape index (κ3) is 5.04. The highest BCUT2D eigenvalue weighted by atomic mass is 32.2. The van der Waals surface area contributed by atoms with E-state index in [4.69, 9.17) is 0 Å². The van der Waals surface area contributed by atoms with Crippen LogP contribution in [0.3, 0.4) is 0 Å². The number of carboxylic acid groups (broad SMARTS) is 1. The lowest BCUT2D eigenvalue weighted by molar-refractivity contribution is -0.139. The van der Waals surface area contributed by atoms with Crippen molar-refractivity contribution in [1.82, 2.24) is 9.62 Å². The zero-order valence-corrected chi connectivity index (χ0v) is 16.0. The van der Waals surface area contributed by atoms with Gasteiger partial charge in [-0.15, -0.1) is 0 Å². The predicted molar refractivity (Wildman–Crippen MR) is 97.4 cm³/mol. The topological polar surface area (TPSA) is 104 Å². The molecule has 144 valence electrons. The van der Waals surface area contributed by atoms with Gasteiger partial charge in [0.15, 0.2) is 0 Å². The van der Waals surface area contributed by atoms with Gasteiger partial charge in [-0.2, -0.15) is 4.31 Å². The molecule has 2 rings (SSSR count). The Balaban J connectivity index is 2.19. The van der Waals surface area contributed by atoms with E-state index in [1.165, 1.54) is 28.6 Å². The Morgan fingerprint density at radius 1 is 1.19 bits per heavy atom. The van der Waals surface area contributed by atoms with Gasteiger partial charge < -0.3 is 10.4 Å². The Morgan fingerprint density at radius 2 is 1.85 bits per heavy atom. The molecule has 1 aliphatic rings. The van der Waals surface area contributed by atoms with E-state index in [1.807, 2.05) is 13.8 Å². The number of aliphatic carboxylic acids is 1. The first-order chi connectivity index (χ1) is 12.2. The molecule has 0 unspecified atom stereocenters. The van der Waals surface area contributed by atoms with Gasteiger partial charge in [-0.05, 0) is 43.4 Å². The van der Waals surface area contributed by atoms with E-state index in [0.717, 1.165) is 19.3 Å². The molecule has 0 aliphatic carbocycles. The number of hydrogen-bond donors (Lipinski definition) is 2. The fourth-order valence-corrected chi connectivity index (χ4v) is 4.55. The van der Waals surface area contributed by atoms with Crippen LogP contribution in [0.2, 0.25) is 0 Å². The van der Waals surface area contributed by atoms with Crippen LogP contribution >= 0.6 is 0 Å². The number of amides is 1. The Labute approximate surface area is 154 Å². The second-order valence-corrected chi connectivity index (χ2v) is 8.92. The highest BCUT2D eigenvalue weighted by molar-refractivity contribution is 7.89. The molecular weight excluding hydrogens is 356 g/mol. The number of piperidine rings is 1. The highest BCUT2D eigenvalue weighted by Crippen LogP contribution is 2.21. The summed E-state index contributed by atoms with van der Waals surface area (Å²) < 4.78 is 26.9. The van der Waals surface area contributed by atoms with Crippen LogP contribution in [0.15, 0.2) is 29.2 Å². The molecule has 1 aliphatic heterocycles. The second kappa shape index (κ2) is 8.64. The normalized spacial score (nSPS) is 17.0. The summed E-state index contributed by atoms with van der Waals surface area (Å²) >= 11 is 0. The van der Waals surface area contributed by atoms with E-state index >= 15 is 0 Å². The lowest BCUT2D eigenvalue weighted by Gasteiger charge is -2.26. The van der Waals surface area contributed by atoms with Crippen LogP contribution in [0.1, 0.15) is 49.9 Å². The van der Waals surface area contributed by atoms with Crippen molar-refractivity contribution in [3.05, 3.63) is 29.8 Å². The molecule has 1 atom stereocenters. The molecule has 0 spiro atoms. The molecule has 1 saturated heterocycles. The Hall–Kier alpha value is -1.93. The quantitative estimate of drug-likeness (QED) is 0.751. The third-order valence-corrected chi connectivity index (χ3v) is 6.25. The summed E-state index contributed by atoms with van der Waals surface area (Å²) in [6.45, 7) is 4.70. The first-order valence-electron chi connectivity index (χ1n) is 8.85. The smallest absolute Gasteiger partial charge is 0.326 e. The summed E-state index contributed by atoms with van der Waals surface area (Å²) in [7, 11) is -3.64. The molecule has 0 saturated carbocycles. The summed E-state index contributed by atoms with van der Waals surface area (Å²) in [4.78, 5) is 23.8. The van der Waals surface area contributed by atoms with E-state index in [-0.39, 0.29) is 16.4 Å². The molecule has 1 aromatic carbocycles. The van der Waals surface area contributed by atoms with Crippen LogP contribution in [0, 0.1) is 5.92 Å². The van der Waals surface area contributed by atoms with Crippen LogP contribution in [0.4, 0.5) is 0 Å². The summed E-state index contributed by atoms with van der Waals surface area (Å²) in [6.07, 6.45) is 2.97. The van der Waals surface area contributed by atoms with Gasteiger partial charge in [-0.25, -0.2) is 13.2 Å². The average molecular weight is 382 g/mol. The van der Waals surface area contributed by atoms with E-state index in [0.29, 0.717) is 19.5 Å². The summed E-state index contributed by atoms with van der Waals surface area (Å²) in [5, 5.41) is 11.7. The standard InChI is InChI=1S/C18H26N2O5S/c1-13(2)11-16(18(22)23)19-17(21)14-7-6-8-15(12-14)26(24,25)20-9-4-3-5-10-20/h6-8,12-13,16H,3-5,9-11H2,1-2H3,(H,19,21)(H,22,23)/t16-/m1/s1. The Bertz CT molecular complexity index is 755. The minimum atomic E-state index is -3.64. The van der Waals surface area contributed by atoms with Crippen molar-refractivity contribution in [2.24, 2.45) is 5.92 Å². The second-order valence-electron chi connectivity index (χ2n) is 6.99. The monoisotopic (exact) mass is 382 g/mol. The van der Waals surface area contributed by atoms with Gasteiger partial charge in [0.05, 0.1) is 4.90 Å². The molecule has 8 heteroatoms. The van der Waals surface area contributed by atoms with Gasteiger partial charge in [-0.1, -0.05) is 26.3 Å². The summed E-state index contributed by atoms with van der Waals surface area (Å²) in [6, 6.07) is 4.75. The van der Waals surface area contributed by atoms with E-state index < -0.39 is 27.9 Å². The number of rotatable bonds is 7. The number of nitrogens with one attached hydrogen (secondary N) is 1. The zero-order valence-electron chi connectivity index (χ0n) is 15.1. The minimum absolute atomic E-state index is 0.0581. The summed E-state index contributed by atoms with van der Waals surface area (Å²) in [5.74, 6) is -1.60. The van der Waals surface area contributed by atoms with Crippen molar-refractivity contribution < 1.29 is 23.1 Å². The largest absolute Gasteiger partial charge is 0.480 e. The van der Waals surface area contributed by atoms with Crippen molar-refractivity contribution in [1.29, 1.82) is 0 Å². The van der Waals surface area contributed by atoms with Crippen molar-refractivity contribution in [3.8, 4) is 0 Å². The molecule has 1 heterocycles. The average Bonchev–Trinajstić information content (AvgIpc) is 2.61. The van der Waals surface area contributed by atoms with Crippen LogP contribution in [0.5, 0.6) is 0 Å². The minimum Gasteiger partial charge on any atom is -0.480 e. The predicted octanol–water partition coefficient (Wildman–Crippen LogP) is 2.09. The fourth-order valence-electron chi connectivity index (χ4n) is 2.99. The zero-order chi connectivity index (χ0) is 19.3. The lowest BCUT2D eigenvalue weighted by atomic mass is 10.0. The molecule has 0 radical (unpaired) electrons. The molecule has 26 heavy (non-hydrogen) atoms. The lowest BCUT2D eigenvalue weighted by Crippen LogP contribution is -2.41. The number of carbonyl (C=O) groups is 2. The van der Waals surface area contributed by atoms with Gasteiger partial charge in [0.1, 0.15) is 6.04 Å². The van der Waals surface area contributed by atoms with E-state index in [1.54, 1.807) is 0 Å². The third-order valence-electron chi connectivity index (χ3n) is 4.36. The molecule has 2 N–H and O–H groups in total. The van der Waals surface area contributed by atoms with Gasteiger partial charge in [0.25, 0.3) is 5.91 Å². The number of nitrogens with zero attached hydrogens (tertiary/aromatic N) is 1. The van der Waals surface area contributed by atoms with Gasteiger partial charge in [0.2, 0.25) is 10.0 Å². The maximum atomic E-state index is 12.7. The Morgan fingerprint density at radius 3 is 2.42 bits per heavy atom. The maximum Gasteiger partial charge on any atom is 0.326 e. The maximum absolute atomic E-state index is 12.7. The fraction of sp³-hybridized carbons (Fsp3) is 0.556. The molecule has 0 aromatic heterocycles. The Kier molecular flexibility index (Phi) is 6.77. The van der Waals surface area contributed by atoms with Gasteiger partial charge >= 0.3 is 5.97 Å². The first-order valence-corrected chi connectivity index (χ1v) is 10.3. The molecule has 0 bridgehead atoms. The molecule has 7 nitrogen and oxygen atoms in total. The van der Waals surface area contributed by atoms with Gasteiger partial charge in [0, 0.05) is 18.7 Å². The molecular formula is C18H26N2O5S. The number of benzene rings is 1. The van der Waals surface area contributed by atoms with Gasteiger partial charge in [-0.3, -0.25) is 4.79 Å². The number of carbonyl (C=O) groups excluding carboxylic acids is 1. The van der Waals surface area contributed by atoms with Crippen molar-refractivity contribution >= 4 is 21.9 Å². The number of carboxylic acids is 1. The van der Waals surface area contributed by atoms with E-state index in [9.17, 15) is 23.1 Å². The number of sulfonamides is 1. The molecule has 1 amide bonds. The number of hydrogen-bond acceptors (Lipinski definition) is 4. The van der Waals surface area contributed by atoms with Crippen molar-refractivity contribution in [2.45, 2.75) is 50.5 Å². The first kappa shape index (κ1) is 20.4. The van der Waals surface area contributed by atoms with Crippen LogP contribution in [-0.2, 0) is 14.8 Å². The van der Waals surface area contributed by atoms with Crippen molar-refractivity contribution in [3.63, 3.8) is 0 Å². The highest BCUT2D eigenvalue weighted by Gasteiger charge is 2.27. The van der Waals surface area contributed by atoms with Crippen LogP contribution in [0.25, 0.3) is 0 Å². The SMILES string of the molecule is CC(C)C[C@@H](NC(=O)c1cccc(S(=O)(=O)N2CCCCC2)c1)C(=O)O. The van der Waals surface area contributed by atoms with Crippen LogP contribution < -0.4 is 5.32 Å². The van der Waals surface area contributed by atoms with E-state index in [2.05, 4.69) is 5.32 Å². The van der Waals surface area contributed by atoms with Crippen molar-refractivity contribution in [2.75, 3.05) is 13.1 Å². The molecule has 1 aromatic rings. The van der Waals surface area contributed by atoms with Crippen LogP contribution in [-0.4, -0.2) is 48.8 Å². The molecule has 1 fully saturated rings. The summed E-state index contributed by atoms with van der Waals surface area (Å²) in [5.41, 5.74) is 0.137.